The average Bonchev–Trinajstić information content (AvgIpc) is 3.18. The van der Waals surface area contributed by atoms with Gasteiger partial charge < -0.3 is 14.7 Å². The number of nitrogens with zero attached hydrogens (tertiary/aromatic N) is 1. The summed E-state index contributed by atoms with van der Waals surface area (Å²) in [5.41, 5.74) is 5.35. The second-order valence-corrected chi connectivity index (χ2v) is 8.42. The van der Waals surface area contributed by atoms with Crippen LogP contribution in [0.1, 0.15) is 29.5 Å². The summed E-state index contributed by atoms with van der Waals surface area (Å²) in [7, 11) is 0. The number of benzene rings is 3. The third-order valence-electron chi connectivity index (χ3n) is 6.25. The average molecular weight is 461 g/mol. The van der Waals surface area contributed by atoms with Crippen LogP contribution in [-0.4, -0.2) is 47.4 Å². The molecule has 4 rings (SSSR count). The second-order valence-electron chi connectivity index (χ2n) is 8.42. The number of nitrogens with two attached hydrogens (primary N) is 1. The molecule has 1 aliphatic carbocycles. The van der Waals surface area contributed by atoms with Gasteiger partial charge in [0.15, 0.2) is 0 Å². The lowest BCUT2D eigenvalue weighted by atomic mass is 9.98. The van der Waals surface area contributed by atoms with E-state index in [0.717, 1.165) is 32.7 Å². The highest BCUT2D eigenvalue weighted by Gasteiger charge is 2.33. The molecule has 7 heteroatoms. The van der Waals surface area contributed by atoms with Gasteiger partial charge in [-0.25, -0.2) is 4.79 Å². The standard InChI is InChI=1S/C27H28N2O5/c1-18(30)25(15-19-9-3-2-4-10-19)29(27(32)34-28)16-26(31)33-17-24-22-13-7-5-11-20(22)21-12-6-8-14-23(21)24/h2-14,18,24-25,30H,15-17,28H2,1H3. The van der Waals surface area contributed by atoms with Gasteiger partial charge in [0.05, 0.1) is 12.1 Å². The van der Waals surface area contributed by atoms with Gasteiger partial charge in [-0.2, -0.15) is 5.90 Å². The van der Waals surface area contributed by atoms with E-state index in [2.05, 4.69) is 17.0 Å². The number of hydrogen-bond donors (Lipinski definition) is 2. The minimum Gasteiger partial charge on any atom is -0.463 e. The Morgan fingerprint density at radius 3 is 2.06 bits per heavy atom. The first-order chi connectivity index (χ1) is 16.5. The summed E-state index contributed by atoms with van der Waals surface area (Å²) < 4.78 is 5.63. The Hall–Kier alpha value is -3.68. The number of ether oxygens (including phenoxy) is 1. The van der Waals surface area contributed by atoms with Gasteiger partial charge in [0.25, 0.3) is 0 Å². The maximum atomic E-state index is 12.8. The van der Waals surface area contributed by atoms with E-state index < -0.39 is 30.8 Å². The van der Waals surface area contributed by atoms with Crippen molar-refractivity contribution in [1.82, 2.24) is 4.90 Å². The molecular formula is C27H28N2O5. The molecule has 3 aromatic carbocycles. The lowest BCUT2D eigenvalue weighted by Crippen LogP contribution is -2.50. The monoisotopic (exact) mass is 460 g/mol. The summed E-state index contributed by atoms with van der Waals surface area (Å²) >= 11 is 0. The molecular weight excluding hydrogens is 432 g/mol. The van der Waals surface area contributed by atoms with Crippen LogP contribution in [-0.2, 0) is 20.8 Å². The topological polar surface area (TPSA) is 102 Å². The minimum absolute atomic E-state index is 0.0943. The molecule has 2 unspecified atom stereocenters. The van der Waals surface area contributed by atoms with Gasteiger partial charge in [0.2, 0.25) is 0 Å². The first-order valence-corrected chi connectivity index (χ1v) is 11.2. The van der Waals surface area contributed by atoms with Crippen LogP contribution in [0.15, 0.2) is 78.9 Å². The van der Waals surface area contributed by atoms with Crippen LogP contribution < -0.4 is 5.90 Å². The summed E-state index contributed by atoms with van der Waals surface area (Å²) in [4.78, 5) is 30.8. The molecule has 0 bridgehead atoms. The van der Waals surface area contributed by atoms with Crippen molar-refractivity contribution in [1.29, 1.82) is 0 Å². The number of amides is 1. The van der Waals surface area contributed by atoms with Gasteiger partial charge in [-0.15, -0.1) is 0 Å². The largest absolute Gasteiger partial charge is 0.463 e. The lowest BCUT2D eigenvalue weighted by Gasteiger charge is -2.31. The van der Waals surface area contributed by atoms with Crippen molar-refractivity contribution >= 4 is 12.1 Å². The van der Waals surface area contributed by atoms with Crippen molar-refractivity contribution < 1.29 is 24.3 Å². The van der Waals surface area contributed by atoms with E-state index in [1.54, 1.807) is 6.92 Å². The third kappa shape index (κ3) is 4.95. The molecule has 0 fully saturated rings. The van der Waals surface area contributed by atoms with Crippen molar-refractivity contribution in [2.45, 2.75) is 31.4 Å². The van der Waals surface area contributed by atoms with Crippen LogP contribution in [0.2, 0.25) is 0 Å². The molecule has 3 N–H and O–H groups in total. The molecule has 0 aliphatic heterocycles. The molecule has 176 valence electrons. The summed E-state index contributed by atoms with van der Waals surface area (Å²) in [5, 5.41) is 10.4. The van der Waals surface area contributed by atoms with Gasteiger partial charge >= 0.3 is 12.1 Å². The zero-order valence-corrected chi connectivity index (χ0v) is 19.0. The number of carbonyl (C=O) groups excluding carboxylic acids is 2. The Bertz CT molecular complexity index is 1100. The molecule has 0 saturated heterocycles. The van der Waals surface area contributed by atoms with Gasteiger partial charge in [-0.3, -0.25) is 9.69 Å². The van der Waals surface area contributed by atoms with Crippen LogP contribution in [0, 0.1) is 0 Å². The highest BCUT2D eigenvalue weighted by molar-refractivity contribution is 5.80. The summed E-state index contributed by atoms with van der Waals surface area (Å²) in [6, 6.07) is 24.8. The fourth-order valence-corrected chi connectivity index (χ4v) is 4.58. The molecule has 0 spiro atoms. The van der Waals surface area contributed by atoms with E-state index in [4.69, 9.17) is 10.6 Å². The smallest absolute Gasteiger partial charge is 0.429 e. The highest BCUT2D eigenvalue weighted by atomic mass is 16.7. The number of aliphatic hydroxyl groups is 1. The van der Waals surface area contributed by atoms with Gasteiger partial charge in [0.1, 0.15) is 13.2 Å². The second kappa shape index (κ2) is 10.5. The van der Waals surface area contributed by atoms with Crippen molar-refractivity contribution in [3.63, 3.8) is 0 Å². The van der Waals surface area contributed by atoms with Crippen molar-refractivity contribution in [2.24, 2.45) is 5.90 Å². The lowest BCUT2D eigenvalue weighted by molar-refractivity contribution is -0.145. The Balaban J connectivity index is 1.48. The van der Waals surface area contributed by atoms with E-state index in [1.807, 2.05) is 66.7 Å². The fourth-order valence-electron chi connectivity index (χ4n) is 4.58. The Kier molecular flexibility index (Phi) is 7.25. The first-order valence-electron chi connectivity index (χ1n) is 11.2. The maximum absolute atomic E-state index is 12.8. The number of rotatable bonds is 8. The molecule has 34 heavy (non-hydrogen) atoms. The van der Waals surface area contributed by atoms with Crippen molar-refractivity contribution in [3.8, 4) is 11.1 Å². The predicted molar refractivity (Wildman–Crippen MR) is 128 cm³/mol. The molecule has 1 aliphatic rings. The first kappa shape index (κ1) is 23.5. The Morgan fingerprint density at radius 2 is 1.50 bits per heavy atom. The molecule has 7 nitrogen and oxygen atoms in total. The Morgan fingerprint density at radius 1 is 0.941 bits per heavy atom. The number of aliphatic hydroxyl groups excluding tert-OH is 1. The minimum atomic E-state index is -0.930. The number of hydrogen-bond acceptors (Lipinski definition) is 6. The molecule has 1 amide bonds. The SMILES string of the molecule is CC(O)C(Cc1ccccc1)N(CC(=O)OCC1c2ccccc2-c2ccccc21)C(=O)ON. The zero-order valence-electron chi connectivity index (χ0n) is 19.0. The number of carbonyl (C=O) groups is 2. The highest BCUT2D eigenvalue weighted by Crippen LogP contribution is 2.44. The van der Waals surface area contributed by atoms with Crippen LogP contribution in [0.5, 0.6) is 0 Å². The fraction of sp³-hybridized carbons (Fsp3) is 0.259. The molecule has 0 aromatic heterocycles. The van der Waals surface area contributed by atoms with Crippen molar-refractivity contribution in [2.75, 3.05) is 13.2 Å². The van der Waals surface area contributed by atoms with E-state index >= 15 is 0 Å². The van der Waals surface area contributed by atoms with Crippen LogP contribution in [0.25, 0.3) is 11.1 Å². The van der Waals surface area contributed by atoms with E-state index in [9.17, 15) is 14.7 Å². The predicted octanol–water partition coefficient (Wildman–Crippen LogP) is 3.65. The molecule has 0 radical (unpaired) electrons. The third-order valence-corrected chi connectivity index (χ3v) is 6.25. The quantitative estimate of drug-likeness (QED) is 0.393. The molecule has 0 heterocycles. The van der Waals surface area contributed by atoms with E-state index in [1.165, 1.54) is 0 Å². The summed E-state index contributed by atoms with van der Waals surface area (Å²) in [6.45, 7) is 1.30. The Labute approximate surface area is 198 Å². The van der Waals surface area contributed by atoms with Gasteiger partial charge in [0, 0.05) is 5.92 Å². The van der Waals surface area contributed by atoms with Gasteiger partial charge in [-0.05, 0) is 41.2 Å². The van der Waals surface area contributed by atoms with Crippen LogP contribution >= 0.6 is 0 Å². The van der Waals surface area contributed by atoms with Gasteiger partial charge in [-0.1, -0.05) is 78.9 Å². The van der Waals surface area contributed by atoms with Crippen LogP contribution in [0.3, 0.4) is 0 Å². The molecule has 3 aromatic rings. The normalized spacial score (nSPS) is 14.0. The number of esters is 1. The summed E-state index contributed by atoms with van der Waals surface area (Å²) in [5.74, 6) is 4.43. The van der Waals surface area contributed by atoms with E-state index in [0.29, 0.717) is 6.42 Å². The zero-order chi connectivity index (χ0) is 24.1. The summed E-state index contributed by atoms with van der Waals surface area (Å²) in [6.07, 6.45) is -1.51. The molecule has 2 atom stereocenters. The number of fused-ring (bicyclic) bond motifs is 3. The van der Waals surface area contributed by atoms with E-state index in [-0.39, 0.29) is 12.5 Å². The van der Waals surface area contributed by atoms with Crippen molar-refractivity contribution in [3.05, 3.63) is 95.6 Å². The van der Waals surface area contributed by atoms with Crippen LogP contribution in [0.4, 0.5) is 4.79 Å². The maximum Gasteiger partial charge on any atom is 0.429 e. The molecule has 0 saturated carbocycles.